The summed E-state index contributed by atoms with van der Waals surface area (Å²) in [6, 6.07) is 23.7. The molecule has 0 nitrogen and oxygen atoms in total. The second-order valence-electron chi connectivity index (χ2n) is 9.84. The Kier molecular flexibility index (Phi) is 7.84. The summed E-state index contributed by atoms with van der Waals surface area (Å²) < 4.78 is 0. The second kappa shape index (κ2) is 11.0. The van der Waals surface area contributed by atoms with Gasteiger partial charge < -0.3 is 0 Å². The lowest BCUT2D eigenvalue weighted by Crippen LogP contribution is -2.12. The van der Waals surface area contributed by atoms with Crippen LogP contribution in [0.5, 0.6) is 0 Å². The summed E-state index contributed by atoms with van der Waals surface area (Å²) in [5.41, 5.74) is 5.97. The molecule has 0 heteroatoms. The van der Waals surface area contributed by atoms with Gasteiger partial charge in [0.05, 0.1) is 0 Å². The maximum absolute atomic E-state index is 2.41. The summed E-state index contributed by atoms with van der Waals surface area (Å²) in [6.45, 7) is 4.62. The van der Waals surface area contributed by atoms with Crippen molar-refractivity contribution in [1.82, 2.24) is 0 Å². The predicted molar refractivity (Wildman–Crippen MR) is 136 cm³/mol. The molecule has 0 saturated heterocycles. The highest BCUT2D eigenvalue weighted by atomic mass is 14.3. The lowest BCUT2D eigenvalue weighted by Gasteiger charge is -2.28. The second-order valence-corrected chi connectivity index (χ2v) is 9.84. The Morgan fingerprint density at radius 3 is 1.81 bits per heavy atom. The van der Waals surface area contributed by atoms with Crippen LogP contribution in [0.3, 0.4) is 0 Å². The number of unbranched alkanes of at least 4 members (excludes halogenated alkanes) is 2. The van der Waals surface area contributed by atoms with Gasteiger partial charge in [0.1, 0.15) is 0 Å². The first-order valence-electron chi connectivity index (χ1n) is 12.9. The minimum absolute atomic E-state index is 0.796. The molecule has 0 N–H and O–H groups in total. The van der Waals surface area contributed by atoms with Crippen LogP contribution in [-0.4, -0.2) is 0 Å². The number of fused-ring (bicyclic) bond motifs is 1. The van der Waals surface area contributed by atoms with E-state index in [4.69, 9.17) is 0 Å². The van der Waals surface area contributed by atoms with Gasteiger partial charge in [0, 0.05) is 0 Å². The Labute approximate surface area is 190 Å². The predicted octanol–water partition coefficient (Wildman–Crippen LogP) is 9.04. The molecule has 0 spiro atoms. The van der Waals surface area contributed by atoms with Gasteiger partial charge in [-0.05, 0) is 96.2 Å². The standard InChI is InChI=1S/C31H40/c1-3-5-6-7-26-14-20-31-23-27(15-21-30(31)22-26)9-8-25-12-18-29(19-13-25)28-16-10-24(4-2)11-17-28/h12-15,18-24,28H,3-11,16-17H2,1-2H3. The molecule has 3 aromatic carbocycles. The van der Waals surface area contributed by atoms with Crippen LogP contribution >= 0.6 is 0 Å². The molecule has 31 heavy (non-hydrogen) atoms. The largest absolute Gasteiger partial charge is 0.0654 e. The smallest absolute Gasteiger partial charge is 0.0162 e. The number of benzene rings is 3. The van der Waals surface area contributed by atoms with Crippen LogP contribution in [0.4, 0.5) is 0 Å². The highest BCUT2D eigenvalue weighted by Gasteiger charge is 2.21. The molecule has 1 saturated carbocycles. The van der Waals surface area contributed by atoms with Gasteiger partial charge in [-0.3, -0.25) is 0 Å². The van der Waals surface area contributed by atoms with Crippen molar-refractivity contribution in [2.45, 2.75) is 90.4 Å². The molecule has 164 valence electrons. The van der Waals surface area contributed by atoms with Gasteiger partial charge in [0.2, 0.25) is 0 Å². The van der Waals surface area contributed by atoms with Crippen molar-refractivity contribution in [1.29, 1.82) is 0 Å². The van der Waals surface area contributed by atoms with Gasteiger partial charge in [-0.15, -0.1) is 0 Å². The van der Waals surface area contributed by atoms with Crippen LogP contribution in [0.2, 0.25) is 0 Å². The zero-order chi connectivity index (χ0) is 21.5. The van der Waals surface area contributed by atoms with Gasteiger partial charge in [-0.25, -0.2) is 0 Å². The fraction of sp³-hybridized carbons (Fsp3) is 0.484. The molecule has 0 bridgehead atoms. The molecule has 4 rings (SSSR count). The summed E-state index contributed by atoms with van der Waals surface area (Å²) in [5.74, 6) is 1.77. The Balaban J connectivity index is 1.32. The average Bonchev–Trinajstić information content (AvgIpc) is 2.83. The van der Waals surface area contributed by atoms with Crippen LogP contribution in [-0.2, 0) is 19.3 Å². The van der Waals surface area contributed by atoms with Gasteiger partial charge in [0.25, 0.3) is 0 Å². The summed E-state index contributed by atoms with van der Waals surface area (Å²) >= 11 is 0. The Hall–Kier alpha value is -2.08. The lowest BCUT2D eigenvalue weighted by atomic mass is 9.78. The highest BCUT2D eigenvalue weighted by molar-refractivity contribution is 5.83. The third kappa shape index (κ3) is 6.00. The minimum atomic E-state index is 0.796. The molecule has 1 aliphatic carbocycles. The van der Waals surface area contributed by atoms with Crippen molar-refractivity contribution in [2.24, 2.45) is 5.92 Å². The van der Waals surface area contributed by atoms with Gasteiger partial charge >= 0.3 is 0 Å². The number of hydrogen-bond acceptors (Lipinski definition) is 0. The molecular formula is C31H40. The van der Waals surface area contributed by atoms with E-state index in [0.717, 1.165) is 24.7 Å². The lowest BCUT2D eigenvalue weighted by molar-refractivity contribution is 0.319. The Bertz CT molecular complexity index is 941. The maximum Gasteiger partial charge on any atom is -0.0162 e. The molecular weight excluding hydrogens is 372 g/mol. The van der Waals surface area contributed by atoms with E-state index in [2.05, 4.69) is 74.5 Å². The molecule has 1 aliphatic rings. The molecule has 0 unspecified atom stereocenters. The summed E-state index contributed by atoms with van der Waals surface area (Å²) in [5, 5.41) is 2.77. The van der Waals surface area contributed by atoms with E-state index >= 15 is 0 Å². The summed E-state index contributed by atoms with van der Waals surface area (Å²) in [7, 11) is 0. The van der Waals surface area contributed by atoms with E-state index in [1.54, 1.807) is 5.56 Å². The molecule has 0 aliphatic heterocycles. The highest BCUT2D eigenvalue weighted by Crippen LogP contribution is 2.37. The monoisotopic (exact) mass is 412 g/mol. The molecule has 0 aromatic heterocycles. The molecule has 0 atom stereocenters. The zero-order valence-corrected chi connectivity index (χ0v) is 19.7. The Morgan fingerprint density at radius 1 is 0.613 bits per heavy atom. The van der Waals surface area contributed by atoms with Crippen molar-refractivity contribution < 1.29 is 0 Å². The number of hydrogen-bond donors (Lipinski definition) is 0. The molecule has 0 heterocycles. The number of rotatable bonds is 9. The van der Waals surface area contributed by atoms with Crippen LogP contribution in [0.1, 0.15) is 93.4 Å². The van der Waals surface area contributed by atoms with E-state index < -0.39 is 0 Å². The number of aryl methyl sites for hydroxylation is 3. The first kappa shape index (κ1) is 22.1. The molecule has 3 aromatic rings. The first-order chi connectivity index (χ1) is 15.2. The van der Waals surface area contributed by atoms with Crippen molar-refractivity contribution in [3.05, 3.63) is 82.9 Å². The minimum Gasteiger partial charge on any atom is -0.0654 e. The van der Waals surface area contributed by atoms with Gasteiger partial charge in [-0.2, -0.15) is 0 Å². The Morgan fingerprint density at radius 2 is 1.19 bits per heavy atom. The van der Waals surface area contributed by atoms with Crippen molar-refractivity contribution in [3.63, 3.8) is 0 Å². The maximum atomic E-state index is 2.41. The van der Waals surface area contributed by atoms with Crippen LogP contribution < -0.4 is 0 Å². The van der Waals surface area contributed by atoms with Crippen molar-refractivity contribution >= 4 is 10.8 Å². The van der Waals surface area contributed by atoms with Gasteiger partial charge in [-0.1, -0.05) is 93.8 Å². The van der Waals surface area contributed by atoms with Crippen LogP contribution in [0.15, 0.2) is 60.7 Å². The molecule has 0 radical (unpaired) electrons. The van der Waals surface area contributed by atoms with Crippen LogP contribution in [0, 0.1) is 5.92 Å². The molecule has 0 amide bonds. The van der Waals surface area contributed by atoms with Crippen LogP contribution in [0.25, 0.3) is 10.8 Å². The summed E-state index contributed by atoms with van der Waals surface area (Å²) in [4.78, 5) is 0. The van der Waals surface area contributed by atoms with E-state index in [-0.39, 0.29) is 0 Å². The molecule has 1 fully saturated rings. The quantitative estimate of drug-likeness (QED) is 0.307. The topological polar surface area (TPSA) is 0 Å². The van der Waals surface area contributed by atoms with E-state index in [1.165, 1.54) is 85.3 Å². The van der Waals surface area contributed by atoms with E-state index in [0.29, 0.717) is 0 Å². The fourth-order valence-electron chi connectivity index (χ4n) is 5.38. The van der Waals surface area contributed by atoms with Gasteiger partial charge in [0.15, 0.2) is 0 Å². The van der Waals surface area contributed by atoms with Crippen molar-refractivity contribution in [3.8, 4) is 0 Å². The SMILES string of the molecule is CCCCCc1ccc2cc(CCc3ccc(C4CCC(CC)CC4)cc3)ccc2c1. The first-order valence-corrected chi connectivity index (χ1v) is 12.9. The third-order valence-corrected chi connectivity index (χ3v) is 7.62. The van der Waals surface area contributed by atoms with E-state index in [9.17, 15) is 0 Å². The third-order valence-electron chi connectivity index (χ3n) is 7.62. The fourth-order valence-corrected chi connectivity index (χ4v) is 5.38. The average molecular weight is 413 g/mol. The normalized spacial score (nSPS) is 19.0. The zero-order valence-electron chi connectivity index (χ0n) is 19.7. The summed E-state index contributed by atoms with van der Waals surface area (Å²) in [6.07, 6.45) is 14.4. The van der Waals surface area contributed by atoms with E-state index in [1.807, 2.05) is 0 Å². The van der Waals surface area contributed by atoms with Crippen molar-refractivity contribution in [2.75, 3.05) is 0 Å².